The van der Waals surface area contributed by atoms with E-state index in [4.69, 9.17) is 113 Å². The van der Waals surface area contributed by atoms with Crippen LogP contribution in [0.4, 0.5) is 32.6 Å². The molecule has 123 heavy (non-hydrogen) atoms. The number of nitrogens with two attached hydrogens (primary N) is 4. The number of aliphatic hydroxyl groups is 2. The third-order valence-electron chi connectivity index (χ3n) is 16.6. The molecule has 6 unspecified atom stereocenters. The van der Waals surface area contributed by atoms with Gasteiger partial charge in [-0.3, -0.25) is 57.4 Å². The Morgan fingerprint density at radius 2 is 0.797 bits per heavy atom. The number of nitrogens with zero attached hydrogens (tertiary/aromatic N) is 12. The van der Waals surface area contributed by atoms with E-state index in [1.54, 1.807) is 67.7 Å². The zero-order valence-corrected chi connectivity index (χ0v) is 75.5. The maximum Gasteiger partial charge on any atom is 0.356 e. The maximum absolute atomic E-state index is 13.9. The van der Waals surface area contributed by atoms with E-state index in [1.807, 2.05) is 30.3 Å². The molecule has 40 nitrogen and oxygen atoms in total. The Bertz CT molecular complexity index is 5910. The van der Waals surface area contributed by atoms with Crippen LogP contribution in [0, 0.1) is 18.6 Å². The number of rotatable bonds is 44. The van der Waals surface area contributed by atoms with Gasteiger partial charge in [-0.05, 0) is 77.2 Å². The third kappa shape index (κ3) is 31.9. The van der Waals surface area contributed by atoms with E-state index in [-0.39, 0.29) is 163 Å². The lowest BCUT2D eigenvalue weighted by Gasteiger charge is -2.19. The standard InChI is InChI=1S/C20H27FN5O6PS2.C19H25BrN5O6PS2.C16H19ClN5O4P.C16H19FN5O4P/c1-14-2-3-15(10-16(14)21)11-32-33(29,31-7-9-35(34)8-5-27)13-30-6-4-26-12-23-17-18(26)24-20(22)25-19(17)28;20-15-3-1-2-14(10-15)11-31-32(28,30-7-9-34(33)8-5-26)13-29-6-4-25-12-22-16-17(25)23-19(21)24-18(16)27;2*1-27(24,26-8-11-3-2-4-12(17)7-11)10-25-6-5-22-9-19-13-14(22)20-16(18)21-15(13)23/h2-3,10,12,27H,4-9,11,13H2,1H3,(H3,22,24,25,28);1-3,10,12,26H,4-9,11,13H2,(H3,21,23,24,27);2*2-4,7,9H,5-6,8,10H2,1H3,(H3,18,20,21,23). The van der Waals surface area contributed by atoms with Crippen LogP contribution in [0.15, 0.2) is 140 Å². The minimum absolute atomic E-state index is 0.000948. The number of aryl methyl sites for hydroxylation is 1. The minimum atomic E-state index is -3.72. The first-order valence-corrected chi connectivity index (χ1v) is 51.0. The van der Waals surface area contributed by atoms with Crippen LogP contribution in [0.1, 0.15) is 27.8 Å². The molecular weight excluding hydrogens is 1860 g/mol. The van der Waals surface area contributed by atoms with Crippen molar-refractivity contribution >= 4 is 167 Å². The van der Waals surface area contributed by atoms with Crippen molar-refractivity contribution in [3.05, 3.63) is 207 Å². The topological polar surface area (TPSA) is 559 Å². The molecule has 0 saturated carbocycles. The Labute approximate surface area is 727 Å². The summed E-state index contributed by atoms with van der Waals surface area (Å²) in [5.41, 5.74) is 25.9. The lowest BCUT2D eigenvalue weighted by atomic mass is 10.1. The Hall–Kier alpha value is -8.31. The van der Waals surface area contributed by atoms with Gasteiger partial charge in [0.1, 0.15) is 37.0 Å². The summed E-state index contributed by atoms with van der Waals surface area (Å²) in [5.74, 6) is 1.03. The van der Waals surface area contributed by atoms with Crippen LogP contribution in [-0.2, 0) is 158 Å². The molecule has 0 aliphatic rings. The number of aromatic amines is 4. The normalized spacial score (nSPS) is 14.0. The SMILES string of the molecule is CP(=O)(COCCn1cnc2c(=O)[nH]c(N)nc21)OCc1cccc(Cl)c1.CP(=O)(COCCn1cnc2c(=O)[nH]c(N)nc21)OCc1cccc(F)c1.Cc1ccc(COP(=O)(COCCn2cnc3c(=O)[nH]c(N)nc32)OCCS(=S)CCO)cc1F.Nc1nc2c(ncn2CCOCP(=O)(OCCS(=S)CCO)OCc2cccc(Br)c2)c(=O)[nH]1. The monoisotopic (exact) mass is 1950 g/mol. The van der Waals surface area contributed by atoms with Gasteiger partial charge in [-0.25, -0.2) is 28.7 Å². The smallest absolute Gasteiger partial charge is 0.356 e. The van der Waals surface area contributed by atoms with Gasteiger partial charge in [0.25, 0.3) is 22.2 Å². The molecule has 0 amide bonds. The first-order chi connectivity index (χ1) is 58.7. The first kappa shape index (κ1) is 98.5. The average Bonchev–Trinajstić information content (AvgIpc) is 1.70. The third-order valence-corrected chi connectivity index (χ3v) is 27.7. The number of hydrogen-bond donors (Lipinski definition) is 10. The second kappa shape index (κ2) is 47.9. The zero-order chi connectivity index (χ0) is 88.9. The molecule has 12 aromatic rings. The molecule has 0 aliphatic carbocycles. The van der Waals surface area contributed by atoms with Gasteiger partial charge in [0.2, 0.25) is 38.5 Å². The van der Waals surface area contributed by atoms with Gasteiger partial charge in [-0.1, -0.05) is 98.4 Å². The highest BCUT2D eigenvalue weighted by atomic mass is 79.9. The summed E-state index contributed by atoms with van der Waals surface area (Å²) in [6.07, 6.45) is 5.09. The van der Waals surface area contributed by atoms with E-state index in [2.05, 4.69) is 75.7 Å². The molecular formula is C71H90BrClF2N20O20P4S4. The van der Waals surface area contributed by atoms with Crippen molar-refractivity contribution in [3.63, 3.8) is 0 Å². The van der Waals surface area contributed by atoms with Crippen molar-refractivity contribution in [2.75, 3.05) is 138 Å². The van der Waals surface area contributed by atoms with Gasteiger partial charge in [-0.2, -0.15) is 19.9 Å². The Balaban J connectivity index is 0.000000187. The molecule has 0 aliphatic heterocycles. The summed E-state index contributed by atoms with van der Waals surface area (Å²) in [4.78, 5) is 89.1. The maximum atomic E-state index is 13.9. The summed E-state index contributed by atoms with van der Waals surface area (Å²) in [7, 11) is -14.2. The van der Waals surface area contributed by atoms with Gasteiger partial charge in [0.15, 0.2) is 44.7 Å². The number of H-pyrrole nitrogens is 4. The predicted molar refractivity (Wildman–Crippen MR) is 473 cm³/mol. The fraction of sp³-hybridized carbons (Fsp3) is 0.380. The van der Waals surface area contributed by atoms with Crippen molar-refractivity contribution in [3.8, 4) is 0 Å². The first-order valence-electron chi connectivity index (χ1n) is 36.9. The Kier molecular flexibility index (Phi) is 38.3. The lowest BCUT2D eigenvalue weighted by Crippen LogP contribution is -2.14. The van der Waals surface area contributed by atoms with E-state index in [1.165, 1.54) is 56.8 Å². The molecule has 666 valence electrons. The van der Waals surface area contributed by atoms with Crippen LogP contribution < -0.4 is 45.2 Å². The molecule has 14 N–H and O–H groups in total. The minimum Gasteiger partial charge on any atom is -0.396 e. The van der Waals surface area contributed by atoms with Crippen LogP contribution in [0.2, 0.25) is 5.02 Å². The number of benzene rings is 4. The van der Waals surface area contributed by atoms with E-state index in [9.17, 15) is 46.2 Å². The number of ether oxygens (including phenoxy) is 4. The molecule has 0 saturated heterocycles. The van der Waals surface area contributed by atoms with Gasteiger partial charge in [0, 0.05) is 72.0 Å². The van der Waals surface area contributed by atoms with E-state index in [0.717, 1.165) is 15.6 Å². The van der Waals surface area contributed by atoms with E-state index < -0.39 is 76.9 Å². The number of aromatic nitrogens is 16. The van der Waals surface area contributed by atoms with E-state index >= 15 is 0 Å². The highest BCUT2D eigenvalue weighted by molar-refractivity contribution is 9.10. The fourth-order valence-electron chi connectivity index (χ4n) is 10.6. The summed E-state index contributed by atoms with van der Waals surface area (Å²) in [6.45, 7) is 6.91. The molecule has 8 heterocycles. The van der Waals surface area contributed by atoms with Crippen molar-refractivity contribution in [1.29, 1.82) is 0 Å². The molecule has 4 aromatic carbocycles. The lowest BCUT2D eigenvalue weighted by molar-refractivity contribution is 0.122. The summed E-state index contributed by atoms with van der Waals surface area (Å²) in [6, 6.07) is 25.1. The average molecular weight is 1950 g/mol. The number of imidazole rings is 4. The second-order valence-corrected chi connectivity index (χ2v) is 43.2. The van der Waals surface area contributed by atoms with Crippen LogP contribution in [0.25, 0.3) is 44.7 Å². The van der Waals surface area contributed by atoms with Crippen molar-refractivity contribution in [2.45, 2.75) is 59.5 Å². The molecule has 8 aromatic heterocycles. The van der Waals surface area contributed by atoms with Crippen LogP contribution in [0.5, 0.6) is 0 Å². The van der Waals surface area contributed by atoms with Crippen molar-refractivity contribution in [1.82, 2.24) is 78.1 Å². The number of fused-ring (bicyclic) bond motifs is 4. The quantitative estimate of drug-likeness (QED) is 0.0128. The number of nitrogens with one attached hydrogen (secondary N) is 4. The summed E-state index contributed by atoms with van der Waals surface area (Å²) < 4.78 is 141. The van der Waals surface area contributed by atoms with Crippen LogP contribution in [0.3, 0.4) is 0 Å². The Morgan fingerprint density at radius 3 is 1.15 bits per heavy atom. The van der Waals surface area contributed by atoms with E-state index in [0.29, 0.717) is 86.9 Å². The number of aliphatic hydroxyl groups excluding tert-OH is 2. The molecule has 52 heteroatoms. The van der Waals surface area contributed by atoms with Gasteiger partial charge in [0.05, 0.1) is 105 Å². The summed E-state index contributed by atoms with van der Waals surface area (Å²) >= 11 is 19.8. The van der Waals surface area contributed by atoms with Gasteiger partial charge in [-0.15, -0.1) is 18.9 Å². The summed E-state index contributed by atoms with van der Waals surface area (Å²) in [5, 5.41) is 18.6. The Morgan fingerprint density at radius 1 is 0.455 bits per heavy atom. The molecule has 0 fully saturated rings. The molecule has 0 radical (unpaired) electrons. The molecule has 0 spiro atoms. The largest absolute Gasteiger partial charge is 0.396 e. The van der Waals surface area contributed by atoms with Crippen molar-refractivity contribution < 1.29 is 83.3 Å². The molecule has 0 bridgehead atoms. The van der Waals surface area contributed by atoms with Gasteiger partial charge < -0.3 is 97.5 Å². The zero-order valence-electron chi connectivity index (χ0n) is 66.3. The van der Waals surface area contributed by atoms with Crippen LogP contribution in [-0.4, -0.2) is 203 Å². The molecule has 12 rings (SSSR count). The fourth-order valence-corrected chi connectivity index (χ4v) is 18.2. The molecule has 6 atom stereocenters. The van der Waals surface area contributed by atoms with Crippen LogP contribution >= 0.6 is 57.5 Å². The number of nitrogen functional groups attached to an aromatic ring is 4. The highest BCUT2D eigenvalue weighted by Crippen LogP contribution is 2.50. The number of anilines is 4. The number of hydrogen-bond acceptors (Lipinski definition) is 34. The van der Waals surface area contributed by atoms with Gasteiger partial charge >= 0.3 is 15.2 Å². The second-order valence-electron chi connectivity index (χ2n) is 26.5. The predicted octanol–water partition coefficient (Wildman–Crippen LogP) is 7.95. The number of halogens is 4. The van der Waals surface area contributed by atoms with Crippen molar-refractivity contribution in [2.24, 2.45) is 0 Å². The highest BCUT2D eigenvalue weighted by Gasteiger charge is 2.29.